The SMILES string of the molecule is CC1(C)[C@@]2(C(=O)Nc3nc4ccc(Br)cc4s3)CC[C@]1(C)C(=O)C2. The molecule has 1 amide bonds. The van der Waals surface area contributed by atoms with Crippen molar-refractivity contribution in [3.63, 3.8) is 0 Å². The highest BCUT2D eigenvalue weighted by Gasteiger charge is 2.72. The molecule has 1 aromatic carbocycles. The summed E-state index contributed by atoms with van der Waals surface area (Å²) in [5.74, 6) is 0.169. The maximum absolute atomic E-state index is 13.1. The van der Waals surface area contributed by atoms with E-state index in [1.54, 1.807) is 0 Å². The third kappa shape index (κ3) is 1.87. The molecule has 6 heteroatoms. The molecule has 2 aliphatic carbocycles. The minimum absolute atomic E-state index is 0.0554. The number of ketones is 1. The first-order valence-electron chi connectivity index (χ1n) is 8.10. The molecule has 126 valence electrons. The van der Waals surface area contributed by atoms with Gasteiger partial charge in [-0.2, -0.15) is 0 Å². The fourth-order valence-corrected chi connectivity index (χ4v) is 5.94. The molecule has 2 atom stereocenters. The number of hydrogen-bond donors (Lipinski definition) is 1. The Morgan fingerprint density at radius 1 is 1.29 bits per heavy atom. The second-order valence-electron chi connectivity index (χ2n) is 7.72. The number of halogens is 1. The number of nitrogens with one attached hydrogen (secondary N) is 1. The Hall–Kier alpha value is -1.27. The van der Waals surface area contributed by atoms with E-state index in [4.69, 9.17) is 0 Å². The van der Waals surface area contributed by atoms with Crippen molar-refractivity contribution >= 4 is 54.3 Å². The van der Waals surface area contributed by atoms with E-state index < -0.39 is 5.41 Å². The molecule has 0 saturated heterocycles. The number of benzene rings is 1. The molecule has 1 heterocycles. The van der Waals surface area contributed by atoms with Crippen molar-refractivity contribution in [2.75, 3.05) is 5.32 Å². The van der Waals surface area contributed by atoms with Crippen LogP contribution in [-0.2, 0) is 9.59 Å². The summed E-state index contributed by atoms with van der Waals surface area (Å²) in [6, 6.07) is 5.86. The minimum Gasteiger partial charge on any atom is -0.301 e. The molecular weight excluding hydrogens is 388 g/mol. The zero-order valence-electron chi connectivity index (χ0n) is 13.9. The van der Waals surface area contributed by atoms with Gasteiger partial charge in [-0.1, -0.05) is 48.0 Å². The third-order valence-electron chi connectivity index (χ3n) is 6.71. The normalized spacial score (nSPS) is 30.9. The van der Waals surface area contributed by atoms with Crippen molar-refractivity contribution in [2.24, 2.45) is 16.2 Å². The van der Waals surface area contributed by atoms with E-state index in [-0.39, 0.29) is 22.5 Å². The van der Waals surface area contributed by atoms with Crippen LogP contribution in [0.2, 0.25) is 0 Å². The van der Waals surface area contributed by atoms with Gasteiger partial charge in [0.15, 0.2) is 5.13 Å². The number of anilines is 1. The van der Waals surface area contributed by atoms with Crippen LogP contribution in [0, 0.1) is 16.2 Å². The summed E-state index contributed by atoms with van der Waals surface area (Å²) >= 11 is 4.92. The van der Waals surface area contributed by atoms with E-state index in [0.29, 0.717) is 11.6 Å². The van der Waals surface area contributed by atoms with Gasteiger partial charge in [-0.25, -0.2) is 4.98 Å². The maximum Gasteiger partial charge on any atom is 0.233 e. The fourth-order valence-electron chi connectivity index (χ4n) is 4.53. The van der Waals surface area contributed by atoms with Gasteiger partial charge in [0.1, 0.15) is 5.78 Å². The molecule has 2 bridgehead atoms. The number of aromatic nitrogens is 1. The number of carbonyl (C=O) groups excluding carboxylic acids is 2. The van der Waals surface area contributed by atoms with Gasteiger partial charge in [0.2, 0.25) is 5.91 Å². The van der Waals surface area contributed by atoms with Gasteiger partial charge in [0, 0.05) is 16.3 Å². The first-order valence-corrected chi connectivity index (χ1v) is 9.71. The number of carbonyl (C=O) groups is 2. The predicted molar refractivity (Wildman–Crippen MR) is 99.1 cm³/mol. The molecule has 2 fully saturated rings. The highest BCUT2D eigenvalue weighted by molar-refractivity contribution is 9.10. The lowest BCUT2D eigenvalue weighted by Crippen LogP contribution is -2.43. The largest absolute Gasteiger partial charge is 0.301 e. The molecule has 4 rings (SSSR count). The molecule has 24 heavy (non-hydrogen) atoms. The molecule has 2 aromatic rings. The topological polar surface area (TPSA) is 59.1 Å². The van der Waals surface area contributed by atoms with E-state index in [2.05, 4.69) is 40.1 Å². The van der Waals surface area contributed by atoms with Crippen LogP contribution in [0.4, 0.5) is 5.13 Å². The Labute approximate surface area is 153 Å². The second kappa shape index (κ2) is 4.88. The van der Waals surface area contributed by atoms with Gasteiger partial charge in [0.05, 0.1) is 15.6 Å². The average molecular weight is 407 g/mol. The Bertz CT molecular complexity index is 890. The van der Waals surface area contributed by atoms with Gasteiger partial charge in [-0.15, -0.1) is 0 Å². The molecule has 4 nitrogen and oxygen atoms in total. The number of hydrogen-bond acceptors (Lipinski definition) is 4. The lowest BCUT2D eigenvalue weighted by atomic mass is 9.64. The van der Waals surface area contributed by atoms with Gasteiger partial charge in [-0.3, -0.25) is 9.59 Å². The summed E-state index contributed by atoms with van der Waals surface area (Å²) in [6.45, 7) is 6.16. The monoisotopic (exact) mass is 406 g/mol. The molecule has 0 radical (unpaired) electrons. The van der Waals surface area contributed by atoms with Crippen molar-refractivity contribution in [3.8, 4) is 0 Å². The van der Waals surface area contributed by atoms with Crippen molar-refractivity contribution < 1.29 is 9.59 Å². The number of rotatable bonds is 2. The van der Waals surface area contributed by atoms with Crippen LogP contribution in [0.3, 0.4) is 0 Å². The molecule has 1 aromatic heterocycles. The van der Waals surface area contributed by atoms with E-state index in [1.807, 2.05) is 25.1 Å². The molecule has 2 aliphatic rings. The molecule has 2 saturated carbocycles. The molecular formula is C18H19BrN2O2S. The first kappa shape index (κ1) is 16.2. The number of nitrogens with zero attached hydrogens (tertiary/aromatic N) is 1. The summed E-state index contributed by atoms with van der Waals surface area (Å²) in [5.41, 5.74) is -0.463. The van der Waals surface area contributed by atoms with E-state index in [9.17, 15) is 9.59 Å². The van der Waals surface area contributed by atoms with Crippen LogP contribution in [-0.4, -0.2) is 16.7 Å². The summed E-state index contributed by atoms with van der Waals surface area (Å²) in [6.07, 6.45) is 1.91. The Balaban J connectivity index is 1.67. The van der Waals surface area contributed by atoms with E-state index in [0.717, 1.165) is 27.5 Å². The Kier molecular flexibility index (Phi) is 3.30. The van der Waals surface area contributed by atoms with Crippen LogP contribution >= 0.6 is 27.3 Å². The Morgan fingerprint density at radius 3 is 2.67 bits per heavy atom. The van der Waals surface area contributed by atoms with E-state index in [1.165, 1.54) is 11.3 Å². The molecule has 0 spiro atoms. The summed E-state index contributed by atoms with van der Waals surface area (Å²) < 4.78 is 2.01. The second-order valence-corrected chi connectivity index (χ2v) is 9.67. The van der Waals surface area contributed by atoms with Gasteiger partial charge in [-0.05, 0) is 36.5 Å². The number of amides is 1. The quantitative estimate of drug-likeness (QED) is 0.779. The van der Waals surface area contributed by atoms with Crippen LogP contribution in [0.5, 0.6) is 0 Å². The van der Waals surface area contributed by atoms with Crippen molar-refractivity contribution in [2.45, 2.75) is 40.0 Å². The highest BCUT2D eigenvalue weighted by atomic mass is 79.9. The molecule has 0 unspecified atom stereocenters. The van der Waals surface area contributed by atoms with Gasteiger partial charge >= 0.3 is 0 Å². The number of fused-ring (bicyclic) bond motifs is 3. The van der Waals surface area contributed by atoms with Crippen LogP contribution in [0.25, 0.3) is 10.2 Å². The Morgan fingerprint density at radius 2 is 2.04 bits per heavy atom. The van der Waals surface area contributed by atoms with Crippen LogP contribution in [0.1, 0.15) is 40.0 Å². The zero-order valence-corrected chi connectivity index (χ0v) is 16.3. The number of Topliss-reactive ketones (excluding diaryl/α,β-unsaturated/α-hetero) is 1. The highest BCUT2D eigenvalue weighted by Crippen LogP contribution is 2.70. The van der Waals surface area contributed by atoms with Crippen molar-refractivity contribution in [3.05, 3.63) is 22.7 Å². The lowest BCUT2D eigenvalue weighted by Gasteiger charge is -2.38. The van der Waals surface area contributed by atoms with E-state index >= 15 is 0 Å². The van der Waals surface area contributed by atoms with Gasteiger partial charge in [0.25, 0.3) is 0 Å². The smallest absolute Gasteiger partial charge is 0.233 e. The maximum atomic E-state index is 13.1. The van der Waals surface area contributed by atoms with Crippen LogP contribution < -0.4 is 5.32 Å². The van der Waals surface area contributed by atoms with Gasteiger partial charge < -0.3 is 5.32 Å². The summed E-state index contributed by atoms with van der Waals surface area (Å²) in [5, 5.41) is 3.61. The predicted octanol–water partition coefficient (Wildman–Crippen LogP) is 4.78. The lowest BCUT2D eigenvalue weighted by molar-refractivity contribution is -0.131. The fraction of sp³-hybridized carbons (Fsp3) is 0.500. The molecule has 0 aliphatic heterocycles. The molecule has 1 N–H and O–H groups in total. The average Bonchev–Trinajstić information content (AvgIpc) is 3.03. The number of thiazole rings is 1. The minimum atomic E-state index is -0.614. The zero-order chi connectivity index (χ0) is 17.3. The summed E-state index contributed by atoms with van der Waals surface area (Å²) in [7, 11) is 0. The first-order chi connectivity index (χ1) is 11.2. The standard InChI is InChI=1S/C18H19BrN2O2S/c1-16(2)17(3)6-7-18(16,9-13(17)22)14(23)21-15-20-11-5-4-10(19)8-12(11)24-15/h4-5,8H,6-7,9H2,1-3H3,(H,20,21,23)/t17-,18+/m1/s1. The summed E-state index contributed by atoms with van der Waals surface area (Å²) in [4.78, 5) is 30.2. The van der Waals surface area contributed by atoms with Crippen molar-refractivity contribution in [1.82, 2.24) is 4.98 Å². The third-order valence-corrected chi connectivity index (χ3v) is 8.14. The van der Waals surface area contributed by atoms with Crippen molar-refractivity contribution in [1.29, 1.82) is 0 Å². The van der Waals surface area contributed by atoms with Crippen LogP contribution in [0.15, 0.2) is 22.7 Å².